The van der Waals surface area contributed by atoms with Crippen molar-refractivity contribution in [2.24, 2.45) is 0 Å². The Labute approximate surface area is 188 Å². The fourth-order valence-electron chi connectivity index (χ4n) is 3.13. The molecule has 1 heterocycles. The van der Waals surface area contributed by atoms with Gasteiger partial charge in [0.05, 0.1) is 0 Å². The molecule has 4 N–H and O–H groups in total. The van der Waals surface area contributed by atoms with Crippen LogP contribution < -0.4 is 15.4 Å². The van der Waals surface area contributed by atoms with Crippen LogP contribution in [0.2, 0.25) is 0 Å². The van der Waals surface area contributed by atoms with Crippen LogP contribution in [0.4, 0.5) is 0 Å². The van der Waals surface area contributed by atoms with Gasteiger partial charge in [0.15, 0.2) is 11.4 Å². The van der Waals surface area contributed by atoms with Gasteiger partial charge in [0.2, 0.25) is 5.91 Å². The van der Waals surface area contributed by atoms with Gasteiger partial charge >= 0.3 is 5.97 Å². The van der Waals surface area contributed by atoms with Gasteiger partial charge in [-0.2, -0.15) is 5.26 Å². The Balaban J connectivity index is 1.82. The normalized spacial score (nSPS) is 11.3. The summed E-state index contributed by atoms with van der Waals surface area (Å²) in [4.78, 5) is 38.8. The van der Waals surface area contributed by atoms with Crippen molar-refractivity contribution in [1.82, 2.24) is 15.6 Å². The number of rotatable bonds is 8. The van der Waals surface area contributed by atoms with Gasteiger partial charge in [-0.15, -0.1) is 0 Å². The molecule has 10 nitrogen and oxygen atoms in total. The first-order chi connectivity index (χ1) is 15.8. The number of aromatic hydroxyl groups is 1. The smallest absolute Gasteiger partial charge is 0.326 e. The summed E-state index contributed by atoms with van der Waals surface area (Å²) in [5.74, 6) is -1.97. The van der Waals surface area contributed by atoms with Crippen LogP contribution in [0, 0.1) is 11.3 Å². The summed E-state index contributed by atoms with van der Waals surface area (Å²) in [6.45, 7) is 1.08. The molecule has 0 aliphatic rings. The summed E-state index contributed by atoms with van der Waals surface area (Å²) in [5.41, 5.74) is -0.463. The minimum Gasteiger partial charge on any atom is -0.505 e. The van der Waals surface area contributed by atoms with Crippen molar-refractivity contribution >= 4 is 28.6 Å². The molecule has 168 valence electrons. The lowest BCUT2D eigenvalue weighted by atomic mass is 10.1. The number of carbonyl (C=O) groups excluding carboxylic acids is 2. The van der Waals surface area contributed by atoms with E-state index in [1.807, 2.05) is 24.3 Å². The first-order valence-corrected chi connectivity index (χ1v) is 9.88. The second-order valence-corrected chi connectivity index (χ2v) is 7.03. The van der Waals surface area contributed by atoms with Gasteiger partial charge in [0, 0.05) is 24.2 Å². The highest BCUT2D eigenvalue weighted by molar-refractivity contribution is 6.03. The highest BCUT2D eigenvalue weighted by Crippen LogP contribution is 2.33. The zero-order chi connectivity index (χ0) is 24.0. The van der Waals surface area contributed by atoms with Crippen LogP contribution in [0.3, 0.4) is 0 Å². The number of fused-ring (bicyclic) bond motifs is 1. The van der Waals surface area contributed by atoms with E-state index >= 15 is 0 Å². The zero-order valence-electron chi connectivity index (χ0n) is 17.5. The molecule has 0 aliphatic carbocycles. The van der Waals surface area contributed by atoms with Gasteiger partial charge in [0.25, 0.3) is 5.91 Å². The van der Waals surface area contributed by atoms with Gasteiger partial charge < -0.3 is 25.6 Å². The van der Waals surface area contributed by atoms with Crippen LogP contribution in [0.15, 0.2) is 48.5 Å². The second kappa shape index (κ2) is 10.1. The molecular weight excluding hydrogens is 428 g/mol. The van der Waals surface area contributed by atoms with E-state index in [0.29, 0.717) is 16.9 Å². The van der Waals surface area contributed by atoms with Crippen molar-refractivity contribution in [1.29, 1.82) is 5.26 Å². The highest BCUT2D eigenvalue weighted by Gasteiger charge is 2.22. The van der Waals surface area contributed by atoms with Crippen molar-refractivity contribution in [3.8, 4) is 23.3 Å². The molecular formula is C23H20N4O6. The van der Waals surface area contributed by atoms with E-state index in [9.17, 15) is 24.8 Å². The number of amides is 2. The molecule has 2 aromatic carbocycles. The van der Waals surface area contributed by atoms with Crippen molar-refractivity contribution in [3.05, 3.63) is 59.9 Å². The number of nitriles is 1. The van der Waals surface area contributed by atoms with Crippen LogP contribution in [0.5, 0.6) is 17.2 Å². The van der Waals surface area contributed by atoms with Crippen LogP contribution in [0.1, 0.15) is 29.5 Å². The van der Waals surface area contributed by atoms with E-state index in [1.165, 1.54) is 13.0 Å². The quantitative estimate of drug-likeness (QED) is 0.408. The topological polar surface area (TPSA) is 162 Å². The number of aromatic nitrogens is 1. The van der Waals surface area contributed by atoms with Crippen molar-refractivity contribution in [2.75, 3.05) is 6.54 Å². The van der Waals surface area contributed by atoms with Crippen LogP contribution >= 0.6 is 0 Å². The number of benzene rings is 2. The average molecular weight is 448 g/mol. The van der Waals surface area contributed by atoms with Crippen molar-refractivity contribution in [2.45, 2.75) is 19.4 Å². The molecule has 0 aliphatic heterocycles. The molecule has 10 heteroatoms. The van der Waals surface area contributed by atoms with Crippen LogP contribution in [-0.2, 0) is 9.59 Å². The Morgan fingerprint density at radius 1 is 1.12 bits per heavy atom. The highest BCUT2D eigenvalue weighted by atomic mass is 16.5. The Hall–Kier alpha value is -4.65. The molecule has 0 spiro atoms. The van der Waals surface area contributed by atoms with Gasteiger partial charge in [-0.3, -0.25) is 9.59 Å². The maximum absolute atomic E-state index is 12.6. The predicted octanol–water partition coefficient (Wildman–Crippen LogP) is 2.31. The largest absolute Gasteiger partial charge is 0.505 e. The third-order valence-corrected chi connectivity index (χ3v) is 4.64. The van der Waals surface area contributed by atoms with E-state index in [0.717, 1.165) is 0 Å². The Kier molecular flexibility index (Phi) is 7.05. The van der Waals surface area contributed by atoms with Gasteiger partial charge in [-0.1, -0.05) is 18.2 Å². The molecule has 0 saturated heterocycles. The van der Waals surface area contributed by atoms with E-state index in [4.69, 9.17) is 9.84 Å². The lowest BCUT2D eigenvalue weighted by Crippen LogP contribution is -2.42. The van der Waals surface area contributed by atoms with Crippen molar-refractivity contribution < 1.29 is 29.3 Å². The zero-order valence-corrected chi connectivity index (χ0v) is 17.5. The molecule has 3 rings (SSSR count). The number of para-hydroxylation sites is 1. The fraction of sp³-hybridized carbons (Fsp3) is 0.174. The van der Waals surface area contributed by atoms with Gasteiger partial charge in [-0.25, -0.2) is 9.78 Å². The number of pyridine rings is 1. The number of carboxylic acid groups (broad SMARTS) is 1. The molecule has 1 unspecified atom stereocenters. The average Bonchev–Trinajstić information content (AvgIpc) is 2.79. The first kappa shape index (κ1) is 23.0. The number of nitrogens with zero attached hydrogens (tertiary/aromatic N) is 2. The summed E-state index contributed by atoms with van der Waals surface area (Å²) >= 11 is 0. The third-order valence-electron chi connectivity index (χ3n) is 4.64. The summed E-state index contributed by atoms with van der Waals surface area (Å²) < 4.78 is 5.75. The van der Waals surface area contributed by atoms with Gasteiger partial charge in [-0.05, 0) is 36.8 Å². The van der Waals surface area contributed by atoms with E-state index in [2.05, 4.69) is 15.6 Å². The van der Waals surface area contributed by atoms with Crippen molar-refractivity contribution in [3.63, 3.8) is 0 Å². The van der Waals surface area contributed by atoms with E-state index in [-0.39, 0.29) is 29.7 Å². The second-order valence-electron chi connectivity index (χ2n) is 7.03. The minimum atomic E-state index is -1.24. The number of nitrogens with one attached hydrogen (secondary N) is 2. The number of aliphatic carboxylic acids is 1. The SMILES string of the molecule is CC(=O)NC(CCNC(=O)c1nc(C#N)c2cc(Oc3ccccc3)ccc2c1O)C(=O)O. The third kappa shape index (κ3) is 5.54. The maximum atomic E-state index is 12.6. The number of ether oxygens (including phenoxy) is 1. The molecule has 0 fully saturated rings. The Morgan fingerprint density at radius 2 is 1.85 bits per heavy atom. The fourth-order valence-corrected chi connectivity index (χ4v) is 3.13. The minimum absolute atomic E-state index is 0.0830. The molecule has 0 bridgehead atoms. The number of hydrogen-bond donors (Lipinski definition) is 4. The standard InChI is InChI=1S/C23H20N4O6/c1-13(28)26-18(23(31)32)9-10-25-22(30)20-21(29)16-8-7-15(11-17(16)19(12-24)27-20)33-14-5-3-2-4-6-14/h2-8,11,18,29H,9-10H2,1H3,(H,25,30)(H,26,28)(H,31,32). The summed E-state index contributed by atoms with van der Waals surface area (Å²) in [6.07, 6.45) is -0.0830. The van der Waals surface area contributed by atoms with E-state index < -0.39 is 29.6 Å². The monoisotopic (exact) mass is 448 g/mol. The molecule has 1 aromatic heterocycles. The van der Waals surface area contributed by atoms with E-state index in [1.54, 1.807) is 24.3 Å². The number of hydrogen-bond acceptors (Lipinski definition) is 7. The summed E-state index contributed by atoms with van der Waals surface area (Å²) in [7, 11) is 0. The molecule has 0 radical (unpaired) electrons. The lowest BCUT2D eigenvalue weighted by molar-refractivity contribution is -0.141. The molecule has 1 atom stereocenters. The van der Waals surface area contributed by atoms with Gasteiger partial charge in [0.1, 0.15) is 29.3 Å². The molecule has 3 aromatic rings. The predicted molar refractivity (Wildman–Crippen MR) is 117 cm³/mol. The Morgan fingerprint density at radius 3 is 2.48 bits per heavy atom. The van der Waals surface area contributed by atoms with Crippen LogP contribution in [-0.4, -0.2) is 45.6 Å². The first-order valence-electron chi connectivity index (χ1n) is 9.88. The van der Waals surface area contributed by atoms with Crippen LogP contribution in [0.25, 0.3) is 10.8 Å². The number of carboxylic acids is 1. The molecule has 0 saturated carbocycles. The summed E-state index contributed by atoms with van der Waals surface area (Å²) in [6, 6.07) is 14.4. The molecule has 2 amide bonds. The Bertz CT molecular complexity index is 1250. The number of carbonyl (C=O) groups is 3. The lowest BCUT2D eigenvalue weighted by Gasteiger charge is -2.14. The summed E-state index contributed by atoms with van der Waals surface area (Å²) in [5, 5.41) is 34.5. The molecule has 33 heavy (non-hydrogen) atoms. The maximum Gasteiger partial charge on any atom is 0.326 e.